The lowest BCUT2D eigenvalue weighted by Crippen LogP contribution is -2.23. The molecule has 0 spiro atoms. The molecule has 2 rings (SSSR count). The van der Waals surface area contributed by atoms with Crippen molar-refractivity contribution < 1.29 is 19.1 Å². The van der Waals surface area contributed by atoms with Gasteiger partial charge < -0.3 is 20.1 Å². The maximum absolute atomic E-state index is 12.0. The first-order chi connectivity index (χ1) is 13.0. The van der Waals surface area contributed by atoms with Gasteiger partial charge in [0.25, 0.3) is 0 Å². The van der Waals surface area contributed by atoms with E-state index in [0.29, 0.717) is 35.7 Å². The minimum Gasteiger partial charge on any atom is -0.493 e. The summed E-state index contributed by atoms with van der Waals surface area (Å²) in [5.74, 6) is 1.36. The third-order valence-electron chi connectivity index (χ3n) is 4.14. The second kappa shape index (κ2) is 10.3. The van der Waals surface area contributed by atoms with Crippen molar-refractivity contribution in [2.45, 2.75) is 19.8 Å². The predicted molar refractivity (Wildman–Crippen MR) is 106 cm³/mol. The average Bonchev–Trinajstić information content (AvgIpc) is 2.67. The van der Waals surface area contributed by atoms with Crippen molar-refractivity contribution in [3.8, 4) is 11.5 Å². The van der Waals surface area contributed by atoms with Gasteiger partial charge in [-0.25, -0.2) is 0 Å². The van der Waals surface area contributed by atoms with Gasteiger partial charge in [0.05, 0.1) is 14.2 Å². The van der Waals surface area contributed by atoms with Crippen LogP contribution in [-0.4, -0.2) is 39.0 Å². The lowest BCUT2D eigenvalue weighted by Gasteiger charge is -2.10. The normalized spacial score (nSPS) is 10.3. The quantitative estimate of drug-likeness (QED) is 0.496. The second-order valence-electron chi connectivity index (χ2n) is 6.12. The number of carbonyl (C=O) groups is 2. The van der Waals surface area contributed by atoms with Gasteiger partial charge in [0.15, 0.2) is 17.3 Å². The van der Waals surface area contributed by atoms with E-state index in [1.807, 2.05) is 18.2 Å². The molecule has 2 N–H and O–H groups in total. The average molecular weight is 370 g/mol. The molecule has 0 bridgehead atoms. The number of nitrogens with one attached hydrogen (secondary N) is 2. The molecule has 6 heteroatoms. The summed E-state index contributed by atoms with van der Waals surface area (Å²) >= 11 is 0. The first kappa shape index (κ1) is 20.5. The monoisotopic (exact) mass is 370 g/mol. The fraction of sp³-hybridized carbons (Fsp3) is 0.333. The van der Waals surface area contributed by atoms with Crippen LogP contribution in [0.2, 0.25) is 0 Å². The smallest absolute Gasteiger partial charge is 0.225 e. The number of amides is 1. The Kier molecular flexibility index (Phi) is 7.82. The summed E-state index contributed by atoms with van der Waals surface area (Å²) in [7, 11) is 3.23. The fourth-order valence-electron chi connectivity index (χ4n) is 2.61. The second-order valence-corrected chi connectivity index (χ2v) is 6.12. The molecule has 0 unspecified atom stereocenters. The largest absolute Gasteiger partial charge is 0.493 e. The van der Waals surface area contributed by atoms with Crippen molar-refractivity contribution in [1.82, 2.24) is 5.32 Å². The van der Waals surface area contributed by atoms with Gasteiger partial charge in [-0.3, -0.25) is 9.59 Å². The maximum atomic E-state index is 12.0. The van der Waals surface area contributed by atoms with Gasteiger partial charge in [0, 0.05) is 24.2 Å². The van der Waals surface area contributed by atoms with Crippen LogP contribution in [0.5, 0.6) is 11.5 Å². The number of Topliss-reactive ketones (excluding diaryl/α,β-unsaturated/α-hetero) is 1. The first-order valence-corrected chi connectivity index (χ1v) is 8.86. The highest BCUT2D eigenvalue weighted by molar-refractivity contribution is 5.95. The van der Waals surface area contributed by atoms with Crippen LogP contribution >= 0.6 is 0 Å². The fourth-order valence-corrected chi connectivity index (χ4v) is 2.61. The Bertz CT molecular complexity index is 772. The number of methoxy groups -OCH3 is 2. The van der Waals surface area contributed by atoms with Crippen molar-refractivity contribution in [1.29, 1.82) is 0 Å². The number of ether oxygens (including phenoxy) is 2. The maximum Gasteiger partial charge on any atom is 0.225 e. The topological polar surface area (TPSA) is 76.7 Å². The Labute approximate surface area is 159 Å². The van der Waals surface area contributed by atoms with E-state index in [-0.39, 0.29) is 11.7 Å². The zero-order valence-corrected chi connectivity index (χ0v) is 16.0. The van der Waals surface area contributed by atoms with Crippen LogP contribution in [0.4, 0.5) is 5.69 Å². The summed E-state index contributed by atoms with van der Waals surface area (Å²) in [6.45, 7) is 2.86. The molecule has 0 saturated carbocycles. The molecule has 0 fully saturated rings. The molecule has 0 radical (unpaired) electrons. The van der Waals surface area contributed by atoms with E-state index >= 15 is 0 Å². The van der Waals surface area contributed by atoms with Crippen LogP contribution < -0.4 is 20.1 Å². The molecule has 0 heterocycles. The highest BCUT2D eigenvalue weighted by atomic mass is 16.5. The number of hydrogen-bond acceptors (Lipinski definition) is 5. The molecule has 0 atom stereocenters. The van der Waals surface area contributed by atoms with E-state index in [2.05, 4.69) is 10.6 Å². The molecule has 6 nitrogen and oxygen atoms in total. The summed E-state index contributed by atoms with van der Waals surface area (Å²) in [5.41, 5.74) is 2.45. The van der Waals surface area contributed by atoms with Crippen LogP contribution in [0.3, 0.4) is 0 Å². The summed E-state index contributed by atoms with van der Waals surface area (Å²) in [5, 5.41) is 6.09. The highest BCUT2D eigenvalue weighted by Gasteiger charge is 2.06. The van der Waals surface area contributed by atoms with Crippen LogP contribution in [0.25, 0.3) is 0 Å². The van der Waals surface area contributed by atoms with E-state index in [4.69, 9.17) is 9.47 Å². The van der Waals surface area contributed by atoms with E-state index in [9.17, 15) is 9.59 Å². The van der Waals surface area contributed by atoms with Crippen molar-refractivity contribution >= 4 is 17.4 Å². The summed E-state index contributed by atoms with van der Waals surface area (Å²) in [6, 6.07) is 12.7. The van der Waals surface area contributed by atoms with Crippen molar-refractivity contribution in [3.63, 3.8) is 0 Å². The summed E-state index contributed by atoms with van der Waals surface area (Å²) < 4.78 is 10.5. The molecule has 1 amide bonds. The Morgan fingerprint density at radius 2 is 1.63 bits per heavy atom. The van der Waals surface area contributed by atoms with E-state index in [0.717, 1.165) is 18.5 Å². The Balaban J connectivity index is 1.69. The molecular weight excluding hydrogens is 344 g/mol. The molecule has 0 aliphatic heterocycles. The highest BCUT2D eigenvalue weighted by Crippen LogP contribution is 2.27. The zero-order chi connectivity index (χ0) is 19.6. The van der Waals surface area contributed by atoms with Gasteiger partial charge in [-0.05, 0) is 61.9 Å². The Morgan fingerprint density at radius 1 is 0.926 bits per heavy atom. The third kappa shape index (κ3) is 6.42. The lowest BCUT2D eigenvalue weighted by atomic mass is 10.1. The van der Waals surface area contributed by atoms with Crippen LogP contribution in [0.1, 0.15) is 29.3 Å². The zero-order valence-electron chi connectivity index (χ0n) is 16.0. The first-order valence-electron chi connectivity index (χ1n) is 8.86. The summed E-state index contributed by atoms with van der Waals surface area (Å²) in [6.07, 6.45) is 1.20. The molecule has 0 aromatic heterocycles. The molecule has 144 valence electrons. The van der Waals surface area contributed by atoms with Crippen molar-refractivity contribution in [2.24, 2.45) is 0 Å². The summed E-state index contributed by atoms with van der Waals surface area (Å²) in [4.78, 5) is 23.2. The van der Waals surface area contributed by atoms with Crippen LogP contribution in [0.15, 0.2) is 42.5 Å². The molecule has 2 aromatic rings. The van der Waals surface area contributed by atoms with Gasteiger partial charge in [-0.2, -0.15) is 0 Å². The Hall–Kier alpha value is -2.86. The van der Waals surface area contributed by atoms with E-state index < -0.39 is 0 Å². The van der Waals surface area contributed by atoms with Crippen LogP contribution in [-0.2, 0) is 11.2 Å². The SMILES string of the molecule is COc1ccc(CCNCCC(=O)Nc2ccc(C(C)=O)cc2)cc1OC. The molecule has 27 heavy (non-hydrogen) atoms. The van der Waals surface area contributed by atoms with Gasteiger partial charge in [-0.15, -0.1) is 0 Å². The van der Waals surface area contributed by atoms with Crippen molar-refractivity contribution in [2.75, 3.05) is 32.6 Å². The number of benzene rings is 2. The molecule has 0 aliphatic rings. The van der Waals surface area contributed by atoms with Gasteiger partial charge in [0.2, 0.25) is 5.91 Å². The third-order valence-corrected chi connectivity index (χ3v) is 4.14. The minimum atomic E-state index is -0.0656. The minimum absolute atomic E-state index is 0.00607. The number of ketones is 1. The predicted octanol–water partition coefficient (Wildman–Crippen LogP) is 3.07. The molecule has 2 aromatic carbocycles. The lowest BCUT2D eigenvalue weighted by molar-refractivity contribution is -0.116. The molecule has 0 saturated heterocycles. The van der Waals surface area contributed by atoms with Gasteiger partial charge >= 0.3 is 0 Å². The standard InChI is InChI=1S/C21H26N2O4/c1-15(24)17-5-7-18(8-6-17)23-21(25)11-13-22-12-10-16-4-9-19(26-2)20(14-16)27-3/h4-9,14,22H,10-13H2,1-3H3,(H,23,25). The van der Waals surface area contributed by atoms with Crippen LogP contribution in [0, 0.1) is 0 Å². The van der Waals surface area contributed by atoms with Gasteiger partial charge in [-0.1, -0.05) is 6.07 Å². The number of anilines is 1. The Morgan fingerprint density at radius 3 is 2.26 bits per heavy atom. The molecular formula is C21H26N2O4. The number of rotatable bonds is 10. The number of carbonyl (C=O) groups excluding carboxylic acids is 2. The number of hydrogen-bond donors (Lipinski definition) is 2. The van der Waals surface area contributed by atoms with Gasteiger partial charge in [0.1, 0.15) is 0 Å². The van der Waals surface area contributed by atoms with E-state index in [1.165, 1.54) is 6.92 Å². The van der Waals surface area contributed by atoms with Crippen molar-refractivity contribution in [3.05, 3.63) is 53.6 Å². The molecule has 0 aliphatic carbocycles. The van der Waals surface area contributed by atoms with E-state index in [1.54, 1.807) is 38.5 Å².